The number of carbonyl (C=O) groups excluding carboxylic acids is 1. The van der Waals surface area contributed by atoms with Gasteiger partial charge in [0.05, 0.1) is 13.2 Å². The van der Waals surface area contributed by atoms with Crippen LogP contribution in [0, 0.1) is 5.41 Å². The van der Waals surface area contributed by atoms with Gasteiger partial charge in [0.2, 0.25) is 0 Å². The number of esters is 1. The van der Waals surface area contributed by atoms with Crippen LogP contribution in [0.4, 0.5) is 0 Å². The number of ether oxygens (including phenoxy) is 2. The molecule has 0 aromatic heterocycles. The third-order valence-electron chi connectivity index (χ3n) is 1.80. The van der Waals surface area contributed by atoms with Crippen molar-refractivity contribution in [2.75, 3.05) is 19.8 Å². The second-order valence-corrected chi connectivity index (χ2v) is 3.66. The Hall–Kier alpha value is -0.830. The molecule has 0 amide bonds. The zero-order valence-electron chi connectivity index (χ0n) is 7.55. The molecule has 0 N–H and O–H groups in total. The first kappa shape index (κ1) is 9.26. The normalized spacial score (nSPS) is 19.5. The Labute approximate surface area is 72.4 Å². The second kappa shape index (κ2) is 3.27. The molecule has 0 aliphatic carbocycles. The highest BCUT2D eigenvalue weighted by molar-refractivity contribution is 5.86. The fourth-order valence-electron chi connectivity index (χ4n) is 0.897. The van der Waals surface area contributed by atoms with E-state index in [0.29, 0.717) is 25.4 Å². The molecule has 0 aromatic rings. The highest BCUT2D eigenvalue weighted by Crippen LogP contribution is 2.26. The van der Waals surface area contributed by atoms with Crippen LogP contribution in [0.2, 0.25) is 0 Å². The Morgan fingerprint density at radius 2 is 2.25 bits per heavy atom. The van der Waals surface area contributed by atoms with E-state index in [1.54, 1.807) is 6.92 Å². The van der Waals surface area contributed by atoms with E-state index in [1.807, 2.05) is 6.92 Å². The fraction of sp³-hybridized carbons (Fsp3) is 0.667. The predicted octanol–water partition coefficient (Wildman–Crippen LogP) is 1.14. The summed E-state index contributed by atoms with van der Waals surface area (Å²) in [5, 5.41) is 0. The Morgan fingerprint density at radius 3 is 2.58 bits per heavy atom. The molecule has 3 heteroatoms. The molecule has 1 heterocycles. The Morgan fingerprint density at radius 1 is 1.67 bits per heavy atom. The Bertz CT molecular complexity index is 204. The lowest BCUT2D eigenvalue weighted by Gasteiger charge is -2.37. The van der Waals surface area contributed by atoms with Crippen molar-refractivity contribution in [1.82, 2.24) is 0 Å². The zero-order valence-corrected chi connectivity index (χ0v) is 7.55. The standard InChI is InChI=1S/C9H14O3/c1-7(2)8(10)12-6-9(3)4-11-5-9/h1,4-6H2,2-3H3. The van der Waals surface area contributed by atoms with Crippen LogP contribution in [0.25, 0.3) is 0 Å². The zero-order chi connectivity index (χ0) is 9.19. The summed E-state index contributed by atoms with van der Waals surface area (Å²) in [5.41, 5.74) is 0.476. The number of rotatable bonds is 3. The summed E-state index contributed by atoms with van der Waals surface area (Å²) in [7, 11) is 0. The van der Waals surface area contributed by atoms with Gasteiger partial charge in [-0.2, -0.15) is 0 Å². The maximum atomic E-state index is 11.0. The smallest absolute Gasteiger partial charge is 0.333 e. The van der Waals surface area contributed by atoms with Crippen LogP contribution in [0.5, 0.6) is 0 Å². The minimum atomic E-state index is -0.317. The number of hydrogen-bond acceptors (Lipinski definition) is 3. The predicted molar refractivity (Wildman–Crippen MR) is 44.7 cm³/mol. The second-order valence-electron chi connectivity index (χ2n) is 3.66. The maximum Gasteiger partial charge on any atom is 0.333 e. The molecule has 1 saturated heterocycles. The maximum absolute atomic E-state index is 11.0. The van der Waals surface area contributed by atoms with E-state index < -0.39 is 0 Å². The Kier molecular flexibility index (Phi) is 2.52. The van der Waals surface area contributed by atoms with E-state index in [4.69, 9.17) is 9.47 Å². The van der Waals surface area contributed by atoms with Crippen molar-refractivity contribution >= 4 is 5.97 Å². The summed E-state index contributed by atoms with van der Waals surface area (Å²) in [5.74, 6) is -0.317. The van der Waals surface area contributed by atoms with Gasteiger partial charge in [-0.1, -0.05) is 13.5 Å². The van der Waals surface area contributed by atoms with Gasteiger partial charge in [0.25, 0.3) is 0 Å². The lowest BCUT2D eigenvalue weighted by atomic mass is 9.90. The minimum Gasteiger partial charge on any atom is -0.462 e. The summed E-state index contributed by atoms with van der Waals surface area (Å²) < 4.78 is 10.0. The van der Waals surface area contributed by atoms with Crippen molar-refractivity contribution in [2.45, 2.75) is 13.8 Å². The van der Waals surface area contributed by atoms with E-state index in [0.717, 1.165) is 0 Å². The summed E-state index contributed by atoms with van der Waals surface area (Å²) >= 11 is 0. The molecular formula is C9H14O3. The lowest BCUT2D eigenvalue weighted by molar-refractivity contribution is -0.161. The molecule has 0 unspecified atom stereocenters. The summed E-state index contributed by atoms with van der Waals surface area (Å²) in [6.07, 6.45) is 0. The third-order valence-corrected chi connectivity index (χ3v) is 1.80. The van der Waals surface area contributed by atoms with Crippen molar-refractivity contribution in [2.24, 2.45) is 5.41 Å². The molecule has 1 aliphatic rings. The largest absolute Gasteiger partial charge is 0.462 e. The van der Waals surface area contributed by atoms with Gasteiger partial charge in [0.1, 0.15) is 6.61 Å². The first-order valence-electron chi connectivity index (χ1n) is 3.94. The summed E-state index contributed by atoms with van der Waals surface area (Å²) in [6, 6.07) is 0. The van der Waals surface area contributed by atoms with Crippen molar-refractivity contribution in [1.29, 1.82) is 0 Å². The topological polar surface area (TPSA) is 35.5 Å². The highest BCUT2D eigenvalue weighted by atomic mass is 16.5. The highest BCUT2D eigenvalue weighted by Gasteiger charge is 2.34. The van der Waals surface area contributed by atoms with Crippen LogP contribution in [0.15, 0.2) is 12.2 Å². The van der Waals surface area contributed by atoms with Crippen molar-refractivity contribution < 1.29 is 14.3 Å². The van der Waals surface area contributed by atoms with Crippen molar-refractivity contribution in [3.05, 3.63) is 12.2 Å². The number of carbonyl (C=O) groups is 1. The van der Waals surface area contributed by atoms with Crippen LogP contribution in [-0.2, 0) is 14.3 Å². The summed E-state index contributed by atoms with van der Waals surface area (Å²) in [6.45, 7) is 8.95. The molecule has 0 bridgehead atoms. The van der Waals surface area contributed by atoms with Crippen molar-refractivity contribution in [3.63, 3.8) is 0 Å². The average molecular weight is 170 g/mol. The van der Waals surface area contributed by atoms with Gasteiger partial charge in [-0.3, -0.25) is 0 Å². The number of hydrogen-bond donors (Lipinski definition) is 0. The monoisotopic (exact) mass is 170 g/mol. The summed E-state index contributed by atoms with van der Waals surface area (Å²) in [4.78, 5) is 11.0. The molecule has 1 aliphatic heterocycles. The van der Waals surface area contributed by atoms with E-state index >= 15 is 0 Å². The Balaban J connectivity index is 2.25. The average Bonchev–Trinajstić information content (AvgIpc) is 1.96. The molecule has 0 spiro atoms. The molecule has 3 nitrogen and oxygen atoms in total. The van der Waals surface area contributed by atoms with Gasteiger partial charge in [0.15, 0.2) is 0 Å². The van der Waals surface area contributed by atoms with Gasteiger partial charge in [0, 0.05) is 11.0 Å². The minimum absolute atomic E-state index is 0.0328. The van der Waals surface area contributed by atoms with Crippen LogP contribution < -0.4 is 0 Å². The van der Waals surface area contributed by atoms with Crippen LogP contribution >= 0.6 is 0 Å². The molecule has 0 saturated carbocycles. The third kappa shape index (κ3) is 2.08. The molecule has 68 valence electrons. The van der Waals surface area contributed by atoms with E-state index in [2.05, 4.69) is 6.58 Å². The van der Waals surface area contributed by atoms with Crippen LogP contribution in [-0.4, -0.2) is 25.8 Å². The first-order valence-corrected chi connectivity index (χ1v) is 3.94. The van der Waals surface area contributed by atoms with Gasteiger partial charge in [-0.05, 0) is 6.92 Å². The van der Waals surface area contributed by atoms with E-state index in [9.17, 15) is 4.79 Å². The van der Waals surface area contributed by atoms with Crippen molar-refractivity contribution in [3.8, 4) is 0 Å². The quantitative estimate of drug-likeness (QED) is 0.470. The van der Waals surface area contributed by atoms with Crippen LogP contribution in [0.1, 0.15) is 13.8 Å². The van der Waals surface area contributed by atoms with E-state index in [-0.39, 0.29) is 11.4 Å². The SMILES string of the molecule is C=C(C)C(=O)OCC1(C)COC1. The molecule has 12 heavy (non-hydrogen) atoms. The molecule has 0 atom stereocenters. The first-order chi connectivity index (χ1) is 5.53. The van der Waals surface area contributed by atoms with Gasteiger partial charge in [-0.25, -0.2) is 4.79 Å². The molecule has 0 aromatic carbocycles. The van der Waals surface area contributed by atoms with Gasteiger partial charge < -0.3 is 9.47 Å². The molecule has 0 radical (unpaired) electrons. The van der Waals surface area contributed by atoms with Gasteiger partial charge >= 0.3 is 5.97 Å². The van der Waals surface area contributed by atoms with Gasteiger partial charge in [-0.15, -0.1) is 0 Å². The fourth-order valence-corrected chi connectivity index (χ4v) is 0.897. The molecule has 1 rings (SSSR count). The van der Waals surface area contributed by atoms with Crippen LogP contribution in [0.3, 0.4) is 0 Å². The van der Waals surface area contributed by atoms with E-state index in [1.165, 1.54) is 0 Å². The lowest BCUT2D eigenvalue weighted by Crippen LogP contribution is -2.44. The molecular weight excluding hydrogens is 156 g/mol. The molecule has 1 fully saturated rings.